The Balaban J connectivity index is 2.29. The fourth-order valence-corrected chi connectivity index (χ4v) is 4.16. The van der Waals surface area contributed by atoms with E-state index in [-0.39, 0.29) is 17.0 Å². The van der Waals surface area contributed by atoms with Crippen molar-refractivity contribution in [3.05, 3.63) is 45.4 Å². The number of aromatic carboxylic acids is 1. The molecular formula is C14H16N2O4S2. The van der Waals surface area contributed by atoms with Crippen LogP contribution in [0.2, 0.25) is 0 Å². The highest BCUT2D eigenvalue weighted by Gasteiger charge is 2.23. The largest absolute Gasteiger partial charge is 0.478 e. The molecule has 1 aromatic carbocycles. The Bertz CT molecular complexity index is 812. The van der Waals surface area contributed by atoms with E-state index in [1.165, 1.54) is 40.9 Å². The number of rotatable bonds is 5. The number of carboxylic acids is 1. The molecule has 0 spiro atoms. The van der Waals surface area contributed by atoms with Crippen molar-refractivity contribution in [3.8, 4) is 0 Å². The first-order chi connectivity index (χ1) is 10.2. The fourth-order valence-electron chi connectivity index (χ4n) is 2.00. The van der Waals surface area contributed by atoms with Crippen molar-refractivity contribution < 1.29 is 18.3 Å². The fraction of sp³-hybridized carbons (Fsp3) is 0.286. The van der Waals surface area contributed by atoms with Crippen molar-refractivity contribution in [1.82, 2.24) is 9.29 Å². The molecule has 0 saturated carbocycles. The second-order valence-corrected chi connectivity index (χ2v) is 8.25. The predicted octanol–water partition coefficient (Wildman–Crippen LogP) is 2.28. The zero-order chi connectivity index (χ0) is 16.5. The summed E-state index contributed by atoms with van der Waals surface area (Å²) in [5.74, 6) is -1.07. The number of thiazole rings is 1. The van der Waals surface area contributed by atoms with Crippen molar-refractivity contribution >= 4 is 27.3 Å². The van der Waals surface area contributed by atoms with Crippen molar-refractivity contribution in [2.75, 3.05) is 7.05 Å². The Morgan fingerprint density at radius 3 is 2.55 bits per heavy atom. The van der Waals surface area contributed by atoms with Crippen molar-refractivity contribution in [2.24, 2.45) is 0 Å². The molecule has 0 fully saturated rings. The Kier molecular flexibility index (Phi) is 4.64. The summed E-state index contributed by atoms with van der Waals surface area (Å²) in [5.41, 5.74) is 0.510. The third kappa shape index (κ3) is 3.34. The molecule has 2 rings (SSSR count). The van der Waals surface area contributed by atoms with Crippen LogP contribution in [-0.4, -0.2) is 35.8 Å². The van der Waals surface area contributed by atoms with E-state index in [1.807, 2.05) is 6.92 Å². The summed E-state index contributed by atoms with van der Waals surface area (Å²) in [7, 11) is -2.18. The Morgan fingerprint density at radius 2 is 2.05 bits per heavy atom. The SMILES string of the molecule is Cc1ncc(CN(C)S(=O)(=O)c2ccc(C(=O)O)c(C)c2)s1. The highest BCUT2D eigenvalue weighted by molar-refractivity contribution is 7.89. The first-order valence-corrected chi connectivity index (χ1v) is 8.69. The van der Waals surface area contributed by atoms with Gasteiger partial charge >= 0.3 is 5.97 Å². The maximum atomic E-state index is 12.5. The third-order valence-electron chi connectivity index (χ3n) is 3.18. The zero-order valence-corrected chi connectivity index (χ0v) is 14.0. The van der Waals surface area contributed by atoms with Crippen molar-refractivity contribution in [1.29, 1.82) is 0 Å². The van der Waals surface area contributed by atoms with Crippen LogP contribution in [0.3, 0.4) is 0 Å². The summed E-state index contributed by atoms with van der Waals surface area (Å²) in [5, 5.41) is 9.88. The van der Waals surface area contributed by atoms with Gasteiger partial charge in [0.15, 0.2) is 0 Å². The average molecular weight is 340 g/mol. The van der Waals surface area contributed by atoms with Gasteiger partial charge < -0.3 is 5.11 Å². The van der Waals surface area contributed by atoms with E-state index in [4.69, 9.17) is 5.11 Å². The summed E-state index contributed by atoms with van der Waals surface area (Å²) in [4.78, 5) is 16.0. The molecule has 118 valence electrons. The molecule has 0 aliphatic rings. The normalized spacial score (nSPS) is 11.8. The van der Waals surface area contributed by atoms with Gasteiger partial charge in [0, 0.05) is 24.7 Å². The number of aryl methyl sites for hydroxylation is 2. The third-order valence-corrected chi connectivity index (χ3v) is 5.88. The van der Waals surface area contributed by atoms with Crippen LogP contribution in [-0.2, 0) is 16.6 Å². The molecule has 0 aliphatic carbocycles. The van der Waals surface area contributed by atoms with Gasteiger partial charge in [-0.1, -0.05) is 0 Å². The molecule has 1 N–H and O–H groups in total. The molecule has 0 unspecified atom stereocenters. The van der Waals surface area contributed by atoms with Gasteiger partial charge in [-0.15, -0.1) is 11.3 Å². The summed E-state index contributed by atoms with van der Waals surface area (Å²) in [6.07, 6.45) is 1.66. The molecule has 22 heavy (non-hydrogen) atoms. The molecule has 0 aliphatic heterocycles. The van der Waals surface area contributed by atoms with Crippen LogP contribution in [0.15, 0.2) is 29.3 Å². The lowest BCUT2D eigenvalue weighted by Gasteiger charge is -2.17. The van der Waals surface area contributed by atoms with Gasteiger partial charge in [-0.05, 0) is 37.6 Å². The predicted molar refractivity (Wildman–Crippen MR) is 83.6 cm³/mol. The molecule has 8 heteroatoms. The second kappa shape index (κ2) is 6.15. The molecule has 0 saturated heterocycles. The quantitative estimate of drug-likeness (QED) is 0.902. The molecule has 1 aromatic heterocycles. The number of sulfonamides is 1. The van der Waals surface area contributed by atoms with Gasteiger partial charge in [-0.25, -0.2) is 18.2 Å². The van der Waals surface area contributed by atoms with Crippen LogP contribution in [0.5, 0.6) is 0 Å². The topological polar surface area (TPSA) is 87.6 Å². The van der Waals surface area contributed by atoms with Gasteiger partial charge in [0.1, 0.15) is 0 Å². The Hall–Kier alpha value is -1.77. The van der Waals surface area contributed by atoms with Crippen LogP contribution < -0.4 is 0 Å². The van der Waals surface area contributed by atoms with E-state index in [0.29, 0.717) is 5.56 Å². The van der Waals surface area contributed by atoms with E-state index in [0.717, 1.165) is 9.88 Å². The summed E-state index contributed by atoms with van der Waals surface area (Å²) in [6.45, 7) is 3.67. The number of aromatic nitrogens is 1. The van der Waals surface area contributed by atoms with Crippen molar-refractivity contribution in [3.63, 3.8) is 0 Å². The minimum Gasteiger partial charge on any atom is -0.478 e. The van der Waals surface area contributed by atoms with E-state index >= 15 is 0 Å². The molecule has 0 atom stereocenters. The Morgan fingerprint density at radius 1 is 1.36 bits per heavy atom. The van der Waals surface area contributed by atoms with Crippen LogP contribution in [0.25, 0.3) is 0 Å². The molecule has 0 radical (unpaired) electrons. The first-order valence-electron chi connectivity index (χ1n) is 6.43. The maximum Gasteiger partial charge on any atom is 0.335 e. The summed E-state index contributed by atoms with van der Waals surface area (Å²) in [6, 6.07) is 4.02. The van der Waals surface area contributed by atoms with E-state index < -0.39 is 16.0 Å². The van der Waals surface area contributed by atoms with Crippen LogP contribution >= 0.6 is 11.3 Å². The maximum absolute atomic E-state index is 12.5. The van der Waals surface area contributed by atoms with E-state index in [1.54, 1.807) is 13.1 Å². The van der Waals surface area contributed by atoms with Gasteiger partial charge in [0.25, 0.3) is 0 Å². The zero-order valence-electron chi connectivity index (χ0n) is 12.4. The standard InChI is InChI=1S/C14H16N2O4S2/c1-9-6-12(4-5-13(9)14(17)18)22(19,20)16(3)8-11-7-15-10(2)21-11/h4-7H,8H2,1-3H3,(H,17,18). The molecular weight excluding hydrogens is 324 g/mol. The molecule has 1 heterocycles. The number of hydrogen-bond acceptors (Lipinski definition) is 5. The number of carbonyl (C=O) groups is 1. The average Bonchev–Trinajstić information content (AvgIpc) is 2.83. The number of benzene rings is 1. The first kappa shape index (κ1) is 16.6. The van der Waals surface area contributed by atoms with E-state index in [9.17, 15) is 13.2 Å². The number of nitrogens with zero attached hydrogens (tertiary/aromatic N) is 2. The molecule has 0 bridgehead atoms. The number of carboxylic acid groups (broad SMARTS) is 1. The minimum absolute atomic E-state index is 0.0822. The lowest BCUT2D eigenvalue weighted by molar-refractivity contribution is 0.0696. The summed E-state index contributed by atoms with van der Waals surface area (Å²) < 4.78 is 26.3. The van der Waals surface area contributed by atoms with Gasteiger partial charge in [0.2, 0.25) is 10.0 Å². The monoisotopic (exact) mass is 340 g/mol. The molecule has 2 aromatic rings. The van der Waals surface area contributed by atoms with Gasteiger partial charge in [-0.3, -0.25) is 0 Å². The van der Waals surface area contributed by atoms with Crippen LogP contribution in [0.4, 0.5) is 0 Å². The molecule has 0 amide bonds. The highest BCUT2D eigenvalue weighted by atomic mass is 32.2. The van der Waals surface area contributed by atoms with E-state index in [2.05, 4.69) is 4.98 Å². The van der Waals surface area contributed by atoms with Crippen LogP contribution in [0.1, 0.15) is 25.8 Å². The summed E-state index contributed by atoms with van der Waals surface area (Å²) >= 11 is 1.44. The van der Waals surface area contributed by atoms with Crippen molar-refractivity contribution in [2.45, 2.75) is 25.3 Å². The minimum atomic E-state index is -3.67. The molecule has 6 nitrogen and oxygen atoms in total. The van der Waals surface area contributed by atoms with Gasteiger partial charge in [0.05, 0.1) is 15.5 Å². The Labute approximate surface area is 133 Å². The highest BCUT2D eigenvalue weighted by Crippen LogP contribution is 2.21. The number of hydrogen-bond donors (Lipinski definition) is 1. The van der Waals surface area contributed by atoms with Crippen LogP contribution in [0, 0.1) is 13.8 Å². The second-order valence-electron chi connectivity index (χ2n) is 4.89. The smallest absolute Gasteiger partial charge is 0.335 e. The lowest BCUT2D eigenvalue weighted by atomic mass is 10.1. The lowest BCUT2D eigenvalue weighted by Crippen LogP contribution is -2.26. The van der Waals surface area contributed by atoms with Gasteiger partial charge in [-0.2, -0.15) is 4.31 Å².